The van der Waals surface area contributed by atoms with Crippen molar-refractivity contribution in [2.45, 2.75) is 152 Å². The summed E-state index contributed by atoms with van der Waals surface area (Å²) >= 11 is 0. The van der Waals surface area contributed by atoms with E-state index in [1.54, 1.807) is 42.4 Å². The van der Waals surface area contributed by atoms with Crippen LogP contribution in [0.1, 0.15) is 156 Å². The van der Waals surface area contributed by atoms with Crippen molar-refractivity contribution < 1.29 is 103 Å². The van der Waals surface area contributed by atoms with Crippen molar-refractivity contribution in [3.05, 3.63) is 76.5 Å². The number of carboxylic acids is 1. The summed E-state index contributed by atoms with van der Waals surface area (Å²) in [4.78, 5) is 87.2. The van der Waals surface area contributed by atoms with E-state index in [0.29, 0.717) is 132 Å². The molecule has 3 fully saturated rings. The van der Waals surface area contributed by atoms with Gasteiger partial charge in [0.2, 0.25) is 35.3 Å². The number of fused-ring (bicyclic) bond motifs is 2. The number of nitrogens with zero attached hydrogens (tertiary/aromatic N) is 8. The van der Waals surface area contributed by atoms with E-state index in [-0.39, 0.29) is 91.0 Å². The maximum atomic E-state index is 14.8. The van der Waals surface area contributed by atoms with E-state index < -0.39 is 126 Å². The molecule has 5 aliphatic heterocycles. The minimum Gasteiger partial charge on any atom is -0.481 e. The van der Waals surface area contributed by atoms with Gasteiger partial charge in [-0.1, -0.05) is 12.5 Å². The topological polar surface area (TPSA) is 477 Å². The zero-order valence-electron chi connectivity index (χ0n) is 56.7. The van der Waals surface area contributed by atoms with Gasteiger partial charge in [0.25, 0.3) is 56.5 Å². The second-order valence-corrected chi connectivity index (χ2v) is 34.5. The van der Waals surface area contributed by atoms with Crippen molar-refractivity contribution in [2.75, 3.05) is 108 Å². The quantitative estimate of drug-likeness (QED) is 0.0181. The van der Waals surface area contributed by atoms with Gasteiger partial charge < -0.3 is 45.4 Å². The number of carbonyl (C=O) groups is 5. The molecule has 9 N–H and O–H groups in total. The first kappa shape index (κ1) is 79.4. The lowest BCUT2D eigenvalue weighted by Crippen LogP contribution is -2.46. The third-order valence-electron chi connectivity index (χ3n) is 18.8. The van der Waals surface area contributed by atoms with Crippen molar-refractivity contribution in [1.29, 1.82) is 0 Å². The Hall–Kier alpha value is -7.30. The van der Waals surface area contributed by atoms with Gasteiger partial charge in [-0.15, -0.1) is 0 Å². The van der Waals surface area contributed by atoms with Gasteiger partial charge in [0.1, 0.15) is 6.54 Å². The lowest BCUT2D eigenvalue weighted by molar-refractivity contribution is -0.437. The number of anilines is 4. The molecule has 33 nitrogen and oxygen atoms in total. The average molecular weight is 1510 g/mol. The van der Waals surface area contributed by atoms with Crippen LogP contribution in [-0.2, 0) is 80.5 Å². The molecule has 8 rings (SSSR count). The van der Waals surface area contributed by atoms with Crippen LogP contribution in [0.3, 0.4) is 0 Å². The molecular weight excluding hydrogens is 1420 g/mol. The monoisotopic (exact) mass is 1510 g/mol. The van der Waals surface area contributed by atoms with Crippen LogP contribution in [0, 0.1) is 5.92 Å². The number of aromatic nitrogens is 3. The Kier molecular flexibility index (Phi) is 25.9. The molecular formula is C63H90N11O22S5+. The van der Waals surface area contributed by atoms with E-state index in [2.05, 4.69) is 16.0 Å². The molecule has 1 unspecified atom stereocenters. The molecule has 1 aromatic heterocycles. The van der Waals surface area contributed by atoms with Crippen LogP contribution >= 0.6 is 0 Å². The number of piperidine rings is 3. The minimum absolute atomic E-state index is 0.0502. The second-order valence-electron chi connectivity index (χ2n) is 26.8. The highest BCUT2D eigenvalue weighted by molar-refractivity contribution is 7.86. The number of allylic oxidation sites excluding steroid dienone is 4. The predicted molar refractivity (Wildman–Crippen MR) is 372 cm³/mol. The number of ether oxygens (including phenoxy) is 1. The molecule has 101 heavy (non-hydrogen) atoms. The Morgan fingerprint density at radius 2 is 1.19 bits per heavy atom. The summed E-state index contributed by atoms with van der Waals surface area (Å²) in [5.74, 6) is -5.01. The van der Waals surface area contributed by atoms with Gasteiger partial charge in [-0.3, -0.25) is 41.9 Å². The number of hydrogen-bond acceptors (Lipinski definition) is 23. The van der Waals surface area contributed by atoms with Crippen molar-refractivity contribution in [1.82, 2.24) is 30.9 Å². The SMILES string of the molecule is CC(=O)NCCCCCC(=O)NC1CCN(c2nc(N3CCC(NC(=O)c4cc(C(=O)OCCCS(=O)(=O)O)c5c(c4)[N+](CCCS(=O)(=O)O)=C(/C=C/C=C4/N(CCCS(=O)(=O)O)c6ccc(S(=O)(=O)O)cc6C4(C)CCCS(=O)(=O)O)C5(C)C)CC3)nc(N3CCC(C(=O)O)CC3)n2)CC1. The number of nitrogens with one attached hydrogen (secondary N) is 3. The van der Waals surface area contributed by atoms with Crippen LogP contribution in [0.25, 0.3) is 0 Å². The first-order valence-electron chi connectivity index (χ1n) is 33.4. The molecule has 5 aliphatic rings. The van der Waals surface area contributed by atoms with Gasteiger partial charge in [-0.2, -0.15) is 61.6 Å². The number of benzene rings is 2. The lowest BCUT2D eigenvalue weighted by Gasteiger charge is -2.36. The highest BCUT2D eigenvalue weighted by Crippen LogP contribution is 2.52. The summed E-state index contributed by atoms with van der Waals surface area (Å²) in [5.41, 5.74) is -1.16. The molecule has 3 amide bonds. The van der Waals surface area contributed by atoms with E-state index in [1.165, 1.54) is 37.3 Å². The van der Waals surface area contributed by atoms with E-state index >= 15 is 0 Å². The molecule has 3 saturated heterocycles. The molecule has 0 saturated carbocycles. The lowest BCUT2D eigenvalue weighted by atomic mass is 9.77. The normalized spacial score (nSPS) is 19.2. The van der Waals surface area contributed by atoms with Gasteiger partial charge in [0, 0.05) is 119 Å². The minimum atomic E-state index is -4.84. The number of esters is 1. The Labute approximate surface area is 588 Å². The second kappa shape index (κ2) is 33.0. The smallest absolute Gasteiger partial charge is 0.338 e. The van der Waals surface area contributed by atoms with Gasteiger partial charge in [-0.25, -0.2) is 4.79 Å². The molecule has 0 aliphatic carbocycles. The van der Waals surface area contributed by atoms with Gasteiger partial charge in [0.15, 0.2) is 5.71 Å². The number of unbranched alkanes of at least 4 members (excludes halogenated alkanes) is 2. The molecule has 6 heterocycles. The van der Waals surface area contributed by atoms with E-state index in [9.17, 15) is 93.9 Å². The van der Waals surface area contributed by atoms with Gasteiger partial charge in [-0.05, 0) is 134 Å². The fraction of sp³-hybridized carbons (Fsp3) is 0.603. The third-order valence-corrected chi connectivity index (χ3v) is 22.9. The van der Waals surface area contributed by atoms with E-state index in [0.717, 1.165) is 18.9 Å². The number of carbonyl (C=O) groups excluding carboxylic acids is 4. The first-order valence-corrected chi connectivity index (χ1v) is 41.3. The van der Waals surface area contributed by atoms with E-state index in [1.807, 2.05) is 14.7 Å². The maximum absolute atomic E-state index is 14.8. The summed E-state index contributed by atoms with van der Waals surface area (Å²) in [7, 11) is -22.9. The van der Waals surface area contributed by atoms with Crippen LogP contribution in [-0.4, -0.2) is 225 Å². The molecule has 0 radical (unpaired) electrons. The van der Waals surface area contributed by atoms with Crippen molar-refractivity contribution >= 4 is 115 Å². The molecule has 1 atom stereocenters. The summed E-state index contributed by atoms with van der Waals surface area (Å²) in [5, 5.41) is 18.8. The summed E-state index contributed by atoms with van der Waals surface area (Å²) in [6.07, 6.45) is 8.97. The van der Waals surface area contributed by atoms with Crippen molar-refractivity contribution in [2.24, 2.45) is 5.92 Å². The van der Waals surface area contributed by atoms with Crippen LogP contribution in [0.5, 0.6) is 0 Å². The Bertz CT molecular complexity index is 4300. The fourth-order valence-electron chi connectivity index (χ4n) is 13.7. The molecule has 38 heteroatoms. The average Bonchev–Trinajstić information content (AvgIpc) is 1.58. The first-order chi connectivity index (χ1) is 47.2. The maximum Gasteiger partial charge on any atom is 0.338 e. The molecule has 3 aromatic rings. The molecule has 0 spiro atoms. The van der Waals surface area contributed by atoms with Gasteiger partial charge >= 0.3 is 11.9 Å². The number of rotatable bonds is 33. The summed E-state index contributed by atoms with van der Waals surface area (Å²) in [6.45, 7) is 8.73. The summed E-state index contributed by atoms with van der Waals surface area (Å²) in [6, 6.07) is 5.91. The molecule has 0 bridgehead atoms. The third kappa shape index (κ3) is 21.9. The van der Waals surface area contributed by atoms with Crippen LogP contribution in [0.15, 0.2) is 59.2 Å². The predicted octanol–water partition coefficient (Wildman–Crippen LogP) is 3.85. The zero-order chi connectivity index (χ0) is 74.0. The standard InChI is InChI=1S/C63H89N11O22S5/c1-42(75)64-25-7-5-6-15-54(76)65-45-20-30-71(31-21-45)60-67-59(70-28-18-43(19-29-70)57(78)79)68-61(69-60)72-32-22-46(23-33-72)66-56(77)44-39-48(58(80)96-34-12-38-100(90,91)92)55-51(40-44)74(27-11-37-99(87,88)89)52(62(55,2)3)13-8-14-53-63(4,24-9-35-97(81,82)83)49-41-47(101(93,94)95)16-17-50(49)73(53)26-10-36-98(84,85)86/h8,13-14,16-17,39-41,43,45-46H,5-7,9-12,15,18-38H2,1-4H3,(H8-,64,65,66,75,76,77,78,79,81,82,83,84,85,86,87,88,89,90,91,92,93,94,95)/p+1. The highest BCUT2D eigenvalue weighted by atomic mass is 32.2. The number of amides is 3. The van der Waals surface area contributed by atoms with Crippen LogP contribution in [0.4, 0.5) is 29.2 Å². The van der Waals surface area contributed by atoms with Crippen LogP contribution < -0.4 is 35.6 Å². The number of carboxylic acid groups (broad SMARTS) is 1. The van der Waals surface area contributed by atoms with Crippen LogP contribution in [0.2, 0.25) is 0 Å². The highest BCUT2D eigenvalue weighted by Gasteiger charge is 2.49. The summed E-state index contributed by atoms with van der Waals surface area (Å²) < 4.78 is 177. The number of hydrogen-bond donors (Lipinski definition) is 9. The number of aliphatic carboxylic acids is 1. The van der Waals surface area contributed by atoms with E-state index in [4.69, 9.17) is 19.7 Å². The Morgan fingerprint density at radius 1 is 0.653 bits per heavy atom. The van der Waals surface area contributed by atoms with Crippen molar-refractivity contribution in [3.8, 4) is 0 Å². The fourth-order valence-corrected chi connectivity index (χ4v) is 16.2. The van der Waals surface area contributed by atoms with Gasteiger partial charge in [0.05, 0.1) is 57.0 Å². The van der Waals surface area contributed by atoms with Crippen molar-refractivity contribution in [3.63, 3.8) is 0 Å². The Balaban J connectivity index is 1.10. The largest absolute Gasteiger partial charge is 0.481 e. The molecule has 558 valence electrons. The Morgan fingerprint density at radius 3 is 1.73 bits per heavy atom. The zero-order valence-corrected chi connectivity index (χ0v) is 60.8. The molecule has 2 aromatic carbocycles.